The van der Waals surface area contributed by atoms with Crippen LogP contribution in [-0.4, -0.2) is 37.0 Å². The van der Waals surface area contributed by atoms with E-state index in [1.165, 1.54) is 18.2 Å². The lowest BCUT2D eigenvalue weighted by Crippen LogP contribution is -2.26. The fourth-order valence-corrected chi connectivity index (χ4v) is 2.73. The number of esters is 1. The van der Waals surface area contributed by atoms with E-state index in [1.54, 1.807) is 24.3 Å². The molecule has 2 aromatic carbocycles. The van der Waals surface area contributed by atoms with Crippen molar-refractivity contribution in [3.63, 3.8) is 0 Å². The van der Waals surface area contributed by atoms with Crippen molar-refractivity contribution in [1.29, 1.82) is 0 Å². The van der Waals surface area contributed by atoms with Gasteiger partial charge in [0, 0.05) is 17.5 Å². The molecular weight excluding hydrogens is 357 g/mol. The molecule has 27 heavy (non-hydrogen) atoms. The van der Waals surface area contributed by atoms with Crippen molar-refractivity contribution < 1.29 is 33.0 Å². The molecule has 1 atom stereocenters. The lowest BCUT2D eigenvalue weighted by Gasteiger charge is -2.08. The van der Waals surface area contributed by atoms with Gasteiger partial charge in [-0.25, -0.2) is 9.18 Å². The minimum Gasteiger partial charge on any atom is -0.454 e. The maximum absolute atomic E-state index is 13.3. The van der Waals surface area contributed by atoms with Gasteiger partial charge >= 0.3 is 5.97 Å². The van der Waals surface area contributed by atoms with Gasteiger partial charge in [0.2, 0.25) is 12.9 Å². The van der Waals surface area contributed by atoms with Crippen molar-refractivity contribution in [1.82, 2.24) is 0 Å². The van der Waals surface area contributed by atoms with Gasteiger partial charge in [-0.1, -0.05) is 17.3 Å². The van der Waals surface area contributed by atoms with Gasteiger partial charge in [-0.2, -0.15) is 0 Å². The predicted molar refractivity (Wildman–Crippen MR) is 90.3 cm³/mol. The standard InChI is InChI=1S/C19H14FNO6/c20-13-3-1-2-11(6-13)14-8-18(27-21-14)19(23)24-9-15(22)12-4-5-16-17(7-12)26-10-25-16/h1-7,18H,8-10H2. The molecule has 0 amide bonds. The zero-order valence-electron chi connectivity index (χ0n) is 14.0. The van der Waals surface area contributed by atoms with Gasteiger partial charge in [-0.3, -0.25) is 4.79 Å². The second-order valence-corrected chi connectivity index (χ2v) is 5.95. The molecule has 0 saturated carbocycles. The van der Waals surface area contributed by atoms with E-state index in [0.717, 1.165) is 0 Å². The molecule has 0 N–H and O–H groups in total. The molecule has 8 heteroatoms. The Balaban J connectivity index is 1.32. The van der Waals surface area contributed by atoms with E-state index >= 15 is 0 Å². The normalized spacial score (nSPS) is 17.2. The Bertz CT molecular complexity index is 942. The summed E-state index contributed by atoms with van der Waals surface area (Å²) in [6.45, 7) is -0.331. The third-order valence-electron chi connectivity index (χ3n) is 4.13. The van der Waals surface area contributed by atoms with Gasteiger partial charge in [0.1, 0.15) is 5.82 Å². The van der Waals surface area contributed by atoms with Crippen LogP contribution in [0.25, 0.3) is 0 Å². The number of oxime groups is 1. The Morgan fingerprint density at radius 1 is 1.15 bits per heavy atom. The first-order valence-electron chi connectivity index (χ1n) is 8.18. The van der Waals surface area contributed by atoms with Crippen LogP contribution in [0.15, 0.2) is 47.6 Å². The quantitative estimate of drug-likeness (QED) is 0.593. The summed E-state index contributed by atoms with van der Waals surface area (Å²) in [5.41, 5.74) is 1.32. The van der Waals surface area contributed by atoms with Gasteiger partial charge in [-0.05, 0) is 30.3 Å². The summed E-state index contributed by atoms with van der Waals surface area (Å²) in [6.07, 6.45) is -0.826. The van der Waals surface area contributed by atoms with Gasteiger partial charge in [0.15, 0.2) is 23.9 Å². The summed E-state index contributed by atoms with van der Waals surface area (Å²) in [5, 5.41) is 3.81. The van der Waals surface area contributed by atoms with E-state index in [1.807, 2.05) is 0 Å². The SMILES string of the molecule is O=C(COC(=O)C1CC(c2cccc(F)c2)=NO1)c1ccc2c(c1)OCO2. The molecule has 1 unspecified atom stereocenters. The lowest BCUT2D eigenvalue weighted by molar-refractivity contribution is -0.154. The summed E-state index contributed by atoms with van der Waals surface area (Å²) >= 11 is 0. The van der Waals surface area contributed by atoms with Crippen molar-refractivity contribution in [2.75, 3.05) is 13.4 Å². The molecule has 0 fully saturated rings. The Hall–Kier alpha value is -3.42. The van der Waals surface area contributed by atoms with Crippen LogP contribution in [0.4, 0.5) is 4.39 Å². The number of ether oxygens (including phenoxy) is 3. The van der Waals surface area contributed by atoms with Crippen molar-refractivity contribution in [2.45, 2.75) is 12.5 Å². The minimum atomic E-state index is -0.965. The first kappa shape index (κ1) is 17.0. The summed E-state index contributed by atoms with van der Waals surface area (Å²) in [4.78, 5) is 29.4. The Kier molecular flexibility index (Phi) is 4.45. The maximum atomic E-state index is 13.3. The van der Waals surface area contributed by atoms with Crippen molar-refractivity contribution in [3.8, 4) is 11.5 Å². The third kappa shape index (κ3) is 3.59. The highest BCUT2D eigenvalue weighted by Gasteiger charge is 2.31. The summed E-state index contributed by atoms with van der Waals surface area (Å²) in [5.74, 6) is -0.468. The fraction of sp³-hybridized carbons (Fsp3) is 0.211. The molecule has 2 aromatic rings. The van der Waals surface area contributed by atoms with Crippen molar-refractivity contribution in [3.05, 3.63) is 59.4 Å². The topological polar surface area (TPSA) is 83.4 Å². The molecule has 2 aliphatic heterocycles. The number of hydrogen-bond acceptors (Lipinski definition) is 7. The molecule has 0 aliphatic carbocycles. The van der Waals surface area contributed by atoms with Gasteiger partial charge < -0.3 is 19.0 Å². The number of Topliss-reactive ketones (excluding diaryl/α,β-unsaturated/α-hetero) is 1. The molecular formula is C19H14FNO6. The first-order valence-corrected chi connectivity index (χ1v) is 8.18. The number of fused-ring (bicyclic) bond motifs is 1. The highest BCUT2D eigenvalue weighted by Crippen LogP contribution is 2.32. The van der Waals surface area contributed by atoms with E-state index < -0.39 is 24.5 Å². The van der Waals surface area contributed by atoms with E-state index in [2.05, 4.69) is 5.16 Å². The van der Waals surface area contributed by atoms with Crippen LogP contribution >= 0.6 is 0 Å². The summed E-state index contributed by atoms with van der Waals surface area (Å²) in [6, 6.07) is 10.6. The molecule has 0 saturated heterocycles. The van der Waals surface area contributed by atoms with E-state index in [0.29, 0.717) is 28.3 Å². The van der Waals surface area contributed by atoms with Gasteiger partial charge in [0.05, 0.1) is 5.71 Å². The first-order chi connectivity index (χ1) is 13.1. The van der Waals surface area contributed by atoms with E-state index in [9.17, 15) is 14.0 Å². The van der Waals surface area contributed by atoms with Crippen molar-refractivity contribution in [2.24, 2.45) is 5.16 Å². The lowest BCUT2D eigenvalue weighted by atomic mass is 10.1. The van der Waals surface area contributed by atoms with Crippen LogP contribution < -0.4 is 9.47 Å². The number of nitrogens with zero attached hydrogens (tertiary/aromatic N) is 1. The Labute approximate surface area is 153 Å². The average molecular weight is 371 g/mol. The number of carbonyl (C=O) groups is 2. The van der Waals surface area contributed by atoms with Crippen LogP contribution in [0.3, 0.4) is 0 Å². The molecule has 0 aromatic heterocycles. The average Bonchev–Trinajstić information content (AvgIpc) is 3.34. The van der Waals surface area contributed by atoms with Crippen molar-refractivity contribution >= 4 is 17.5 Å². The van der Waals surface area contributed by atoms with Crippen LogP contribution in [-0.2, 0) is 14.4 Å². The van der Waals surface area contributed by atoms with Crippen LogP contribution in [0.2, 0.25) is 0 Å². The fourth-order valence-electron chi connectivity index (χ4n) is 2.73. The number of benzene rings is 2. The van der Waals surface area contributed by atoms with Crippen LogP contribution in [0, 0.1) is 5.82 Å². The van der Waals surface area contributed by atoms with E-state index in [-0.39, 0.29) is 19.0 Å². The van der Waals surface area contributed by atoms with Crippen LogP contribution in [0.5, 0.6) is 11.5 Å². The Morgan fingerprint density at radius 2 is 2.00 bits per heavy atom. The summed E-state index contributed by atoms with van der Waals surface area (Å²) < 4.78 is 28.7. The Morgan fingerprint density at radius 3 is 2.85 bits per heavy atom. The number of ketones is 1. The number of halogens is 1. The molecule has 0 bridgehead atoms. The largest absolute Gasteiger partial charge is 0.454 e. The molecule has 0 spiro atoms. The monoisotopic (exact) mass is 371 g/mol. The maximum Gasteiger partial charge on any atom is 0.351 e. The molecule has 2 aliphatic rings. The molecule has 0 radical (unpaired) electrons. The predicted octanol–water partition coefficient (Wildman–Crippen LogP) is 2.47. The van der Waals surface area contributed by atoms with E-state index in [4.69, 9.17) is 19.0 Å². The second-order valence-electron chi connectivity index (χ2n) is 5.95. The number of rotatable bonds is 5. The smallest absolute Gasteiger partial charge is 0.351 e. The molecule has 7 nitrogen and oxygen atoms in total. The second kappa shape index (κ2) is 7.06. The zero-order valence-corrected chi connectivity index (χ0v) is 14.0. The highest BCUT2D eigenvalue weighted by atomic mass is 19.1. The number of hydrogen-bond donors (Lipinski definition) is 0. The molecule has 2 heterocycles. The molecule has 4 rings (SSSR count). The number of carbonyl (C=O) groups excluding carboxylic acids is 2. The van der Waals surface area contributed by atoms with Gasteiger partial charge in [0.25, 0.3) is 0 Å². The van der Waals surface area contributed by atoms with Crippen LogP contribution in [0.1, 0.15) is 22.3 Å². The molecule has 138 valence electrons. The highest BCUT2D eigenvalue weighted by molar-refractivity contribution is 6.04. The minimum absolute atomic E-state index is 0.106. The third-order valence-corrected chi connectivity index (χ3v) is 4.13. The summed E-state index contributed by atoms with van der Waals surface area (Å²) in [7, 11) is 0. The zero-order chi connectivity index (χ0) is 18.8. The van der Waals surface area contributed by atoms with Gasteiger partial charge in [-0.15, -0.1) is 0 Å².